The van der Waals surface area contributed by atoms with E-state index in [9.17, 15) is 18.3 Å². The third-order valence-electron chi connectivity index (χ3n) is 12.5. The number of aliphatic hydroxyl groups is 1. The Balaban J connectivity index is 1.26. The molecular formula is C40H54ClFN4O6S. The van der Waals surface area contributed by atoms with E-state index < -0.39 is 45.1 Å². The van der Waals surface area contributed by atoms with E-state index in [0.717, 1.165) is 58.3 Å². The molecule has 2 aromatic carbocycles. The highest BCUT2D eigenvalue weighted by Gasteiger charge is 2.46. The number of benzene rings is 2. The highest BCUT2D eigenvalue weighted by molar-refractivity contribution is 7.90. The molecule has 1 amide bonds. The average Bonchev–Trinajstić information content (AvgIpc) is 3.27. The monoisotopic (exact) mass is 772 g/mol. The zero-order chi connectivity index (χ0) is 37.5. The number of allylic oxidation sites excluding steroid dienone is 1. The Labute approximate surface area is 318 Å². The molecule has 13 heteroatoms. The maximum Gasteiger partial charge on any atom is 0.264 e. The number of hydrogen-bond donors (Lipinski definition) is 2. The quantitative estimate of drug-likeness (QED) is 0.418. The van der Waals surface area contributed by atoms with Crippen LogP contribution in [0.25, 0.3) is 0 Å². The number of fused-ring (bicyclic) bond motifs is 4. The van der Waals surface area contributed by atoms with Gasteiger partial charge in [0.25, 0.3) is 5.91 Å². The number of aliphatic hydroxyl groups excluding tert-OH is 1. The third kappa shape index (κ3) is 8.14. The Bertz CT molecular complexity index is 1810. The summed E-state index contributed by atoms with van der Waals surface area (Å²) in [6.07, 6.45) is 6.09. The first-order chi connectivity index (χ1) is 25.3. The van der Waals surface area contributed by atoms with Crippen LogP contribution in [0.4, 0.5) is 10.1 Å². The fourth-order valence-electron chi connectivity index (χ4n) is 9.16. The van der Waals surface area contributed by atoms with E-state index in [2.05, 4.69) is 25.5 Å². The van der Waals surface area contributed by atoms with Crippen LogP contribution in [0.3, 0.4) is 0 Å². The number of aryl methyl sites for hydroxylation is 1. The molecule has 4 aliphatic heterocycles. The second kappa shape index (κ2) is 15.8. The topological polar surface area (TPSA) is 112 Å². The molecule has 7 rings (SSSR count). The number of nitrogens with one attached hydrogen (secondary N) is 1. The number of anilines is 1. The minimum absolute atomic E-state index is 0.0898. The van der Waals surface area contributed by atoms with Crippen molar-refractivity contribution in [2.75, 3.05) is 64.5 Å². The summed E-state index contributed by atoms with van der Waals surface area (Å²) in [5.74, 6) is -0.598. The molecule has 0 radical (unpaired) electrons. The number of carbonyl (C=O) groups excluding carboxylic acids is 1. The second-order valence-electron chi connectivity index (χ2n) is 16.2. The predicted octanol–water partition coefficient (Wildman–Crippen LogP) is 5.32. The van der Waals surface area contributed by atoms with E-state index in [1.165, 1.54) is 17.2 Å². The lowest BCUT2D eigenvalue weighted by molar-refractivity contribution is -0.0285. The lowest BCUT2D eigenvalue weighted by Gasteiger charge is -2.50. The Hall–Kier alpha value is -2.74. The van der Waals surface area contributed by atoms with Gasteiger partial charge in [-0.15, -0.1) is 0 Å². The van der Waals surface area contributed by atoms with Gasteiger partial charge in [0.15, 0.2) is 0 Å². The van der Waals surface area contributed by atoms with Crippen LogP contribution in [0.2, 0.25) is 5.02 Å². The molecule has 6 atom stereocenters. The van der Waals surface area contributed by atoms with Crippen molar-refractivity contribution in [3.8, 4) is 5.75 Å². The smallest absolute Gasteiger partial charge is 0.264 e. The number of ether oxygens (including phenoxy) is 2. The lowest BCUT2D eigenvalue weighted by Crippen LogP contribution is -2.62. The highest BCUT2D eigenvalue weighted by Crippen LogP contribution is 2.45. The van der Waals surface area contributed by atoms with Gasteiger partial charge in [0, 0.05) is 68.0 Å². The second-order valence-corrected chi connectivity index (χ2v) is 18.7. The molecule has 290 valence electrons. The minimum Gasteiger partial charge on any atom is -0.490 e. The summed E-state index contributed by atoms with van der Waals surface area (Å²) in [6.45, 7) is 7.97. The molecule has 2 N–H and O–H groups in total. The number of rotatable bonds is 5. The van der Waals surface area contributed by atoms with Gasteiger partial charge in [-0.25, -0.2) is 17.5 Å². The van der Waals surface area contributed by atoms with Gasteiger partial charge in [0.2, 0.25) is 10.0 Å². The van der Waals surface area contributed by atoms with Gasteiger partial charge in [-0.2, -0.15) is 0 Å². The number of halogens is 2. The maximum absolute atomic E-state index is 16.7. The van der Waals surface area contributed by atoms with Crippen molar-refractivity contribution in [2.45, 2.75) is 87.6 Å². The molecule has 53 heavy (non-hydrogen) atoms. The van der Waals surface area contributed by atoms with Crippen molar-refractivity contribution in [2.24, 2.45) is 11.8 Å². The molecule has 0 unspecified atom stereocenters. The zero-order valence-electron chi connectivity index (χ0n) is 31.1. The molecule has 2 aromatic rings. The van der Waals surface area contributed by atoms with E-state index in [1.807, 2.05) is 19.2 Å². The van der Waals surface area contributed by atoms with Gasteiger partial charge in [-0.1, -0.05) is 30.7 Å². The van der Waals surface area contributed by atoms with Crippen LogP contribution in [0, 0.1) is 11.8 Å². The van der Waals surface area contributed by atoms with Crippen LogP contribution >= 0.6 is 11.6 Å². The molecule has 10 nitrogen and oxygen atoms in total. The molecule has 5 aliphatic rings. The average molecular weight is 773 g/mol. The number of amides is 1. The number of sulfonamides is 1. The molecular weight excluding hydrogens is 719 g/mol. The Kier molecular flexibility index (Phi) is 11.5. The van der Waals surface area contributed by atoms with Crippen LogP contribution in [0.15, 0.2) is 48.3 Å². The molecule has 2 fully saturated rings. The van der Waals surface area contributed by atoms with Gasteiger partial charge in [0.1, 0.15) is 11.6 Å². The summed E-state index contributed by atoms with van der Waals surface area (Å²) in [6, 6.07) is 10.2. The van der Waals surface area contributed by atoms with Crippen LogP contribution in [-0.4, -0.2) is 112 Å². The SMILES string of the molecule is C[C@@H]1[C@@H](C)C/C=C(\F)[C@H]([C@@H](O)CN(C)CC2CCOCC2)N2CC[C@H]2CN2C[C@@]3(CCCc4cc(Cl)ccc43)COc3ccc(cc32)C(=O)NS1(=O)=O. The summed E-state index contributed by atoms with van der Waals surface area (Å²) in [5, 5.41) is 11.6. The molecule has 0 aromatic heterocycles. The van der Waals surface area contributed by atoms with E-state index in [0.29, 0.717) is 55.2 Å². The third-order valence-corrected chi connectivity index (χ3v) is 14.7. The minimum atomic E-state index is -4.10. The summed E-state index contributed by atoms with van der Waals surface area (Å²) in [7, 11) is -2.13. The molecule has 0 saturated carbocycles. The first kappa shape index (κ1) is 38.5. The van der Waals surface area contributed by atoms with Crippen molar-refractivity contribution in [3.63, 3.8) is 0 Å². The normalized spacial score (nSPS) is 31.3. The maximum atomic E-state index is 16.7. The molecule has 2 bridgehead atoms. The van der Waals surface area contributed by atoms with Gasteiger partial charge >= 0.3 is 0 Å². The fourth-order valence-corrected chi connectivity index (χ4v) is 10.6. The van der Waals surface area contributed by atoms with Crippen LogP contribution < -0.4 is 14.4 Å². The zero-order valence-corrected chi connectivity index (χ0v) is 32.7. The summed E-state index contributed by atoms with van der Waals surface area (Å²) in [5.41, 5.74) is 2.93. The lowest BCUT2D eigenvalue weighted by atomic mass is 9.70. The van der Waals surface area contributed by atoms with E-state index in [1.54, 1.807) is 32.0 Å². The Morgan fingerprint density at radius 3 is 2.70 bits per heavy atom. The molecule has 1 aliphatic carbocycles. The van der Waals surface area contributed by atoms with Crippen LogP contribution in [0.1, 0.15) is 73.9 Å². The van der Waals surface area contributed by atoms with E-state index in [-0.39, 0.29) is 23.4 Å². The van der Waals surface area contributed by atoms with Gasteiger partial charge < -0.3 is 24.4 Å². The summed E-state index contributed by atoms with van der Waals surface area (Å²) < 4.78 is 58.1. The van der Waals surface area contributed by atoms with Crippen molar-refractivity contribution in [1.82, 2.24) is 14.5 Å². The number of nitrogens with zero attached hydrogens (tertiary/aromatic N) is 3. The van der Waals surface area contributed by atoms with Crippen molar-refractivity contribution in [3.05, 3.63) is 70.0 Å². The largest absolute Gasteiger partial charge is 0.490 e. The van der Waals surface area contributed by atoms with Crippen molar-refractivity contribution >= 4 is 33.2 Å². The first-order valence-electron chi connectivity index (χ1n) is 19.3. The molecule has 1 spiro atoms. The van der Waals surface area contributed by atoms with Crippen LogP contribution in [0.5, 0.6) is 5.75 Å². The Morgan fingerprint density at radius 1 is 1.15 bits per heavy atom. The van der Waals surface area contributed by atoms with E-state index >= 15 is 4.39 Å². The standard InChI is InChI=1S/C40H54ClFN4O6S/c1-26-6-10-34(42)38(36(47)23-44(3)21-28-13-17-51-18-14-28)46-16-12-32(46)22-45-24-40(15-4-5-29-19-31(41)8-9-33(29)40)25-52-37-11-7-30(20-35(37)45)39(48)43-53(49,50)27(26)2/h7-11,19-20,26-28,32,36,38,47H,4-6,12-18,21-25H2,1-3H3,(H,43,48)/b34-10-/t26-,27+,32-,36-,38+,40-/m0/s1. The van der Waals surface area contributed by atoms with Crippen molar-refractivity contribution in [1.29, 1.82) is 0 Å². The summed E-state index contributed by atoms with van der Waals surface area (Å²) in [4.78, 5) is 20.0. The van der Waals surface area contributed by atoms with Gasteiger partial charge in [-0.3, -0.25) is 9.69 Å². The van der Waals surface area contributed by atoms with Gasteiger partial charge in [-0.05, 0) is 112 Å². The molecule has 4 heterocycles. The molecule has 2 saturated heterocycles. The first-order valence-corrected chi connectivity index (χ1v) is 21.2. The Morgan fingerprint density at radius 2 is 1.94 bits per heavy atom. The van der Waals surface area contributed by atoms with E-state index in [4.69, 9.17) is 21.1 Å². The highest BCUT2D eigenvalue weighted by atomic mass is 35.5. The van der Waals surface area contributed by atoms with Gasteiger partial charge in [0.05, 0.1) is 29.7 Å². The number of hydrogen-bond acceptors (Lipinski definition) is 9. The number of likely N-dealkylation sites (N-methyl/N-ethyl adjacent to an activating group) is 1. The predicted molar refractivity (Wildman–Crippen MR) is 205 cm³/mol. The fraction of sp³-hybridized carbons (Fsp3) is 0.625. The summed E-state index contributed by atoms with van der Waals surface area (Å²) >= 11 is 6.45. The van der Waals surface area contributed by atoms with Crippen molar-refractivity contribution < 1.29 is 32.2 Å². The van der Waals surface area contributed by atoms with Crippen LogP contribution in [-0.2, 0) is 26.6 Å². The number of carbonyl (C=O) groups is 1.